The number of benzene rings is 2. The Hall–Kier alpha value is -3.52. The van der Waals surface area contributed by atoms with Crippen molar-refractivity contribution < 1.29 is 33.6 Å². The predicted molar refractivity (Wildman–Crippen MR) is 121 cm³/mol. The van der Waals surface area contributed by atoms with E-state index in [0.29, 0.717) is 48.2 Å². The van der Waals surface area contributed by atoms with Crippen LogP contribution in [0.5, 0.6) is 17.2 Å². The Kier molecular flexibility index (Phi) is 6.55. The number of carbonyl (C=O) groups excluding carboxylic acids is 2. The number of amides is 1. The first kappa shape index (κ1) is 22.7. The summed E-state index contributed by atoms with van der Waals surface area (Å²) in [6, 6.07) is 9.65. The second kappa shape index (κ2) is 9.54. The first-order chi connectivity index (χ1) is 16.0. The second-order valence-electron chi connectivity index (χ2n) is 7.80. The van der Waals surface area contributed by atoms with Crippen molar-refractivity contribution in [3.05, 3.63) is 58.7 Å². The molecule has 0 aromatic heterocycles. The van der Waals surface area contributed by atoms with Crippen molar-refractivity contribution >= 4 is 17.4 Å². The van der Waals surface area contributed by atoms with Crippen LogP contribution in [0, 0.1) is 6.92 Å². The molecular formula is C25H27NO7. The fraction of sp³-hybridized carbons (Fsp3) is 0.360. The summed E-state index contributed by atoms with van der Waals surface area (Å²) in [6.45, 7) is 5.57. The maximum atomic E-state index is 13.1. The van der Waals surface area contributed by atoms with Gasteiger partial charge in [-0.1, -0.05) is 6.07 Å². The van der Waals surface area contributed by atoms with Crippen LogP contribution in [0.4, 0.5) is 0 Å². The molecule has 8 heteroatoms. The number of hydrogen-bond donors (Lipinski definition) is 1. The van der Waals surface area contributed by atoms with E-state index in [2.05, 4.69) is 0 Å². The number of hydrogen-bond acceptors (Lipinski definition) is 7. The highest BCUT2D eigenvalue weighted by Crippen LogP contribution is 2.42. The van der Waals surface area contributed by atoms with E-state index in [1.165, 1.54) is 12.0 Å². The number of aryl methyl sites for hydroxylation is 1. The van der Waals surface area contributed by atoms with E-state index < -0.39 is 17.7 Å². The minimum Gasteiger partial charge on any atom is -0.507 e. The molecule has 8 nitrogen and oxygen atoms in total. The topological polar surface area (TPSA) is 94.5 Å². The molecule has 0 aliphatic carbocycles. The van der Waals surface area contributed by atoms with Crippen molar-refractivity contribution in [3.63, 3.8) is 0 Å². The van der Waals surface area contributed by atoms with Crippen molar-refractivity contribution in [1.29, 1.82) is 0 Å². The summed E-state index contributed by atoms with van der Waals surface area (Å²) in [5, 5.41) is 11.2. The van der Waals surface area contributed by atoms with Crippen molar-refractivity contribution in [2.75, 3.05) is 40.1 Å². The second-order valence-corrected chi connectivity index (χ2v) is 7.80. The molecular weight excluding hydrogens is 426 g/mol. The third-order valence-corrected chi connectivity index (χ3v) is 5.71. The predicted octanol–water partition coefficient (Wildman–Crippen LogP) is 3.23. The zero-order chi connectivity index (χ0) is 23.5. The summed E-state index contributed by atoms with van der Waals surface area (Å²) >= 11 is 0. The minimum absolute atomic E-state index is 0.0244. The lowest BCUT2D eigenvalue weighted by Gasteiger charge is -2.26. The molecule has 4 rings (SSSR count). The Bertz CT molecular complexity index is 1110. The quantitative estimate of drug-likeness (QED) is 0.391. The van der Waals surface area contributed by atoms with Gasteiger partial charge in [-0.15, -0.1) is 0 Å². The van der Waals surface area contributed by atoms with Gasteiger partial charge in [-0.3, -0.25) is 9.59 Å². The molecule has 2 heterocycles. The number of nitrogens with zero attached hydrogens (tertiary/aromatic N) is 1. The van der Waals surface area contributed by atoms with Crippen LogP contribution < -0.4 is 14.2 Å². The molecule has 2 aromatic rings. The largest absolute Gasteiger partial charge is 0.507 e. The van der Waals surface area contributed by atoms with Crippen LogP contribution in [0.15, 0.2) is 42.0 Å². The van der Waals surface area contributed by atoms with E-state index >= 15 is 0 Å². The SMILES string of the molecule is CCOc1ccc(/C(O)=C2/C(=O)C(=O)N(CCOC)C2c2ccc3c(c2)OCCO3)cc1C. The summed E-state index contributed by atoms with van der Waals surface area (Å²) in [5.41, 5.74) is 1.91. The molecule has 0 bridgehead atoms. The number of carbonyl (C=O) groups is 2. The Balaban J connectivity index is 1.83. The first-order valence-corrected chi connectivity index (χ1v) is 10.9. The highest BCUT2D eigenvalue weighted by molar-refractivity contribution is 6.46. The van der Waals surface area contributed by atoms with Crippen LogP contribution in [0.2, 0.25) is 0 Å². The van der Waals surface area contributed by atoms with Gasteiger partial charge in [-0.05, 0) is 55.3 Å². The highest BCUT2D eigenvalue weighted by atomic mass is 16.6. The normalized spacial score (nSPS) is 19.1. The lowest BCUT2D eigenvalue weighted by Crippen LogP contribution is -2.32. The summed E-state index contributed by atoms with van der Waals surface area (Å²) in [4.78, 5) is 27.4. The van der Waals surface area contributed by atoms with Gasteiger partial charge in [0.15, 0.2) is 11.5 Å². The van der Waals surface area contributed by atoms with E-state index in [4.69, 9.17) is 18.9 Å². The lowest BCUT2D eigenvalue weighted by molar-refractivity contribution is -0.140. The molecule has 1 fully saturated rings. The molecule has 1 N–H and O–H groups in total. The van der Waals surface area contributed by atoms with E-state index in [1.54, 1.807) is 36.4 Å². The zero-order valence-electron chi connectivity index (χ0n) is 18.9. The molecule has 33 heavy (non-hydrogen) atoms. The fourth-order valence-corrected chi connectivity index (χ4v) is 4.15. The average Bonchev–Trinajstić information content (AvgIpc) is 3.08. The third-order valence-electron chi connectivity index (χ3n) is 5.71. The monoisotopic (exact) mass is 453 g/mol. The van der Waals surface area contributed by atoms with Crippen molar-refractivity contribution in [2.45, 2.75) is 19.9 Å². The van der Waals surface area contributed by atoms with Crippen LogP contribution in [0.3, 0.4) is 0 Å². The molecule has 0 spiro atoms. The molecule has 1 amide bonds. The van der Waals surface area contributed by atoms with Gasteiger partial charge in [-0.2, -0.15) is 0 Å². The number of aliphatic hydroxyl groups excluding tert-OH is 1. The molecule has 0 saturated carbocycles. The molecule has 1 atom stereocenters. The number of likely N-dealkylation sites (tertiary alicyclic amines) is 1. The van der Waals surface area contributed by atoms with Gasteiger partial charge in [0.05, 0.1) is 24.8 Å². The lowest BCUT2D eigenvalue weighted by atomic mass is 9.94. The number of rotatable bonds is 7. The van der Waals surface area contributed by atoms with E-state index in [1.807, 2.05) is 13.8 Å². The minimum atomic E-state index is -0.789. The van der Waals surface area contributed by atoms with Crippen molar-refractivity contribution in [1.82, 2.24) is 4.90 Å². The number of ketones is 1. The van der Waals surface area contributed by atoms with Crippen LogP contribution in [-0.2, 0) is 14.3 Å². The smallest absolute Gasteiger partial charge is 0.295 e. The molecule has 174 valence electrons. The van der Waals surface area contributed by atoms with Crippen LogP contribution in [0.1, 0.15) is 29.7 Å². The average molecular weight is 453 g/mol. The van der Waals surface area contributed by atoms with Crippen LogP contribution in [0.25, 0.3) is 5.76 Å². The highest BCUT2D eigenvalue weighted by Gasteiger charge is 2.46. The summed E-state index contributed by atoms with van der Waals surface area (Å²) in [5.74, 6) is 0.164. The van der Waals surface area contributed by atoms with Gasteiger partial charge in [-0.25, -0.2) is 0 Å². The Morgan fingerprint density at radius 1 is 1.12 bits per heavy atom. The Labute approximate surface area is 192 Å². The summed E-state index contributed by atoms with van der Waals surface area (Å²) in [7, 11) is 1.53. The van der Waals surface area contributed by atoms with Crippen molar-refractivity contribution in [2.24, 2.45) is 0 Å². The molecule has 0 radical (unpaired) electrons. The van der Waals surface area contributed by atoms with Gasteiger partial charge in [0, 0.05) is 19.2 Å². The van der Waals surface area contributed by atoms with Gasteiger partial charge in [0.25, 0.3) is 11.7 Å². The Morgan fingerprint density at radius 3 is 2.58 bits per heavy atom. The van der Waals surface area contributed by atoms with Gasteiger partial charge < -0.3 is 29.0 Å². The molecule has 2 aromatic carbocycles. The fourth-order valence-electron chi connectivity index (χ4n) is 4.15. The standard InChI is InChI=1S/C25H27NO7/c1-4-31-18-7-6-17(13-15(18)2)23(27)21-22(26(9-10-30-3)25(29)24(21)28)16-5-8-19-20(14-16)33-12-11-32-19/h5-8,13-14,22,27H,4,9-12H2,1-3H3/b23-21-. The number of Topliss-reactive ketones (excluding diaryl/α,β-unsaturated/α-hetero) is 1. The molecule has 2 aliphatic heterocycles. The summed E-state index contributed by atoms with van der Waals surface area (Å²) < 4.78 is 22.0. The van der Waals surface area contributed by atoms with Crippen molar-refractivity contribution in [3.8, 4) is 17.2 Å². The number of ether oxygens (including phenoxy) is 4. The van der Waals surface area contributed by atoms with Crippen LogP contribution >= 0.6 is 0 Å². The number of methoxy groups -OCH3 is 1. The molecule has 1 saturated heterocycles. The molecule has 2 aliphatic rings. The Morgan fingerprint density at radius 2 is 1.88 bits per heavy atom. The van der Waals surface area contributed by atoms with E-state index in [9.17, 15) is 14.7 Å². The van der Waals surface area contributed by atoms with Gasteiger partial charge in [0.2, 0.25) is 0 Å². The summed E-state index contributed by atoms with van der Waals surface area (Å²) in [6.07, 6.45) is 0. The number of aliphatic hydroxyl groups is 1. The zero-order valence-corrected chi connectivity index (χ0v) is 18.9. The third kappa shape index (κ3) is 4.26. The number of fused-ring (bicyclic) bond motifs is 1. The molecule has 1 unspecified atom stereocenters. The van der Waals surface area contributed by atoms with Gasteiger partial charge in [0.1, 0.15) is 24.7 Å². The maximum absolute atomic E-state index is 13.1. The maximum Gasteiger partial charge on any atom is 0.295 e. The van der Waals surface area contributed by atoms with Crippen LogP contribution in [-0.4, -0.2) is 61.8 Å². The van der Waals surface area contributed by atoms with E-state index in [0.717, 1.165) is 5.56 Å². The van der Waals surface area contributed by atoms with E-state index in [-0.39, 0.29) is 24.5 Å². The first-order valence-electron chi connectivity index (χ1n) is 10.9. The van der Waals surface area contributed by atoms with Gasteiger partial charge >= 0.3 is 0 Å².